The first kappa shape index (κ1) is 25.0. The third-order valence-corrected chi connectivity index (χ3v) is 6.61. The van der Waals surface area contributed by atoms with Crippen LogP contribution in [0, 0.1) is 0 Å². The number of aryl methyl sites for hydroxylation is 1. The van der Waals surface area contributed by atoms with Crippen LogP contribution >= 0.6 is 0 Å². The van der Waals surface area contributed by atoms with Gasteiger partial charge < -0.3 is 28.8 Å². The fourth-order valence-electron chi connectivity index (χ4n) is 3.00. The summed E-state index contributed by atoms with van der Waals surface area (Å²) in [6.45, 7) is 0.468. The fourth-order valence-corrected chi connectivity index (χ4v) is 4.22. The summed E-state index contributed by atoms with van der Waals surface area (Å²) in [6.07, 6.45) is 3.82. The Morgan fingerprint density at radius 3 is 2.31 bits per heavy atom. The van der Waals surface area contributed by atoms with Gasteiger partial charge >= 0.3 is 0 Å². The molecule has 0 aliphatic carbocycles. The smallest absolute Gasteiger partial charge is 0.264 e. The maximum absolute atomic E-state index is 13.1. The Labute approximate surface area is 194 Å². The van der Waals surface area contributed by atoms with E-state index in [1.165, 1.54) is 23.5 Å². The largest absolute Gasteiger partial charge is 1.00 e. The predicted octanol–water partition coefficient (Wildman–Crippen LogP) is -0.544. The third-order valence-electron chi connectivity index (χ3n) is 4.83. The van der Waals surface area contributed by atoms with Crippen molar-refractivity contribution in [3.63, 3.8) is 0 Å². The number of halogens is 1. The average molecular weight is 476 g/mol. The van der Waals surface area contributed by atoms with Crippen molar-refractivity contribution in [1.82, 2.24) is 0 Å². The molecule has 0 atom stereocenters. The number of aromatic nitrogens is 1. The third kappa shape index (κ3) is 5.89. The van der Waals surface area contributed by atoms with E-state index in [0.717, 1.165) is 0 Å². The van der Waals surface area contributed by atoms with E-state index in [2.05, 4.69) is 10.6 Å². The maximum atomic E-state index is 13.1. The molecule has 1 heterocycles. The number of carbonyl (C=O) groups is 1. The minimum Gasteiger partial charge on any atom is -1.00 e. The molecule has 1 amide bonds. The number of sulfonamides is 1. The molecule has 0 spiro atoms. The van der Waals surface area contributed by atoms with Crippen LogP contribution in [-0.4, -0.2) is 28.4 Å². The van der Waals surface area contributed by atoms with Crippen molar-refractivity contribution in [1.29, 1.82) is 0 Å². The zero-order chi connectivity index (χ0) is 22.4. The zero-order valence-electron chi connectivity index (χ0n) is 17.8. The van der Waals surface area contributed by atoms with Gasteiger partial charge in [0.2, 0.25) is 5.91 Å². The Hall–Kier alpha value is -3.30. The van der Waals surface area contributed by atoms with Crippen molar-refractivity contribution in [2.45, 2.75) is 17.9 Å². The lowest BCUT2D eigenvalue weighted by molar-refractivity contribution is -0.695. The summed E-state index contributed by atoms with van der Waals surface area (Å²) in [5.41, 5.74) is 7.89. The minimum absolute atomic E-state index is 0. The highest BCUT2D eigenvalue weighted by Crippen LogP contribution is 2.28. The van der Waals surface area contributed by atoms with E-state index >= 15 is 0 Å². The molecule has 3 rings (SSSR count). The molecular weight excluding hydrogens is 450 g/mol. The van der Waals surface area contributed by atoms with Gasteiger partial charge in [-0.25, -0.2) is 13.0 Å². The number of pyridine rings is 1. The van der Waals surface area contributed by atoms with Crippen LogP contribution in [0.2, 0.25) is 0 Å². The monoisotopic (exact) mass is 475 g/mol. The standard InChI is InChI=1S/C22H25N5O3S.ClH/c1-24-20-9-8-19(31(29,30)26(2)18-6-4-3-5-7-18)16-21(20)25-22(28)12-15-27-13-10-17(23)11-14-27;/h3-11,13-14,16,23-24H,12,15H2,1-2H3,(H,25,28);1H. The summed E-state index contributed by atoms with van der Waals surface area (Å²) >= 11 is 0. The van der Waals surface area contributed by atoms with Crippen LogP contribution in [0.25, 0.3) is 0 Å². The van der Waals surface area contributed by atoms with E-state index in [0.29, 0.717) is 29.3 Å². The lowest BCUT2D eigenvalue weighted by Gasteiger charge is -2.20. The molecule has 0 aliphatic rings. The molecule has 0 saturated carbocycles. The number of nitrogen functional groups attached to an aromatic ring is 1. The SMILES string of the molecule is CNc1ccc(S(=O)(=O)N(C)c2ccccc2)cc1NC(=O)CC[n+]1ccc(N)cc1.[Cl-]. The molecule has 0 radical (unpaired) electrons. The summed E-state index contributed by atoms with van der Waals surface area (Å²) in [6, 6.07) is 16.9. The topological polar surface area (TPSA) is 108 Å². The molecule has 0 aliphatic heterocycles. The zero-order valence-corrected chi connectivity index (χ0v) is 19.4. The summed E-state index contributed by atoms with van der Waals surface area (Å²) < 4.78 is 29.2. The highest BCUT2D eigenvalue weighted by molar-refractivity contribution is 7.92. The Bertz CT molecular complexity index is 1160. The number of anilines is 4. The molecule has 32 heavy (non-hydrogen) atoms. The highest BCUT2D eigenvalue weighted by Gasteiger charge is 2.23. The number of rotatable bonds is 8. The average Bonchev–Trinajstić information content (AvgIpc) is 2.78. The summed E-state index contributed by atoms with van der Waals surface area (Å²) in [5, 5.41) is 5.79. The number of para-hydroxylation sites is 1. The lowest BCUT2D eigenvalue weighted by atomic mass is 10.2. The van der Waals surface area contributed by atoms with Crippen LogP contribution in [0.15, 0.2) is 78.0 Å². The van der Waals surface area contributed by atoms with Gasteiger partial charge in [-0.1, -0.05) is 18.2 Å². The second-order valence-electron chi connectivity index (χ2n) is 6.93. The number of nitrogens with two attached hydrogens (primary N) is 1. The van der Waals surface area contributed by atoms with Gasteiger partial charge in [-0.3, -0.25) is 9.10 Å². The summed E-state index contributed by atoms with van der Waals surface area (Å²) in [7, 11) is -0.590. The number of hydrogen-bond donors (Lipinski definition) is 3. The van der Waals surface area contributed by atoms with Crippen molar-refractivity contribution in [3.8, 4) is 0 Å². The molecule has 4 N–H and O–H groups in total. The molecule has 0 unspecified atom stereocenters. The van der Waals surface area contributed by atoms with Gasteiger partial charge in [-0.15, -0.1) is 0 Å². The van der Waals surface area contributed by atoms with Crippen molar-refractivity contribution >= 4 is 38.7 Å². The Morgan fingerprint density at radius 2 is 1.69 bits per heavy atom. The van der Waals surface area contributed by atoms with E-state index in [9.17, 15) is 13.2 Å². The highest BCUT2D eigenvalue weighted by atomic mass is 35.5. The number of nitrogens with one attached hydrogen (secondary N) is 2. The Morgan fingerprint density at radius 1 is 1.03 bits per heavy atom. The van der Waals surface area contributed by atoms with E-state index in [-0.39, 0.29) is 29.6 Å². The molecule has 10 heteroatoms. The van der Waals surface area contributed by atoms with Crippen LogP contribution in [0.5, 0.6) is 0 Å². The van der Waals surface area contributed by atoms with Crippen molar-refractivity contribution in [2.24, 2.45) is 0 Å². The Balaban J connectivity index is 0.00000363. The number of hydrogen-bond acceptors (Lipinski definition) is 5. The van der Waals surface area contributed by atoms with Gasteiger partial charge in [0.1, 0.15) is 0 Å². The molecule has 3 aromatic rings. The van der Waals surface area contributed by atoms with E-state index in [1.807, 2.05) is 10.6 Å². The van der Waals surface area contributed by atoms with Gasteiger partial charge in [0.05, 0.1) is 28.4 Å². The summed E-state index contributed by atoms with van der Waals surface area (Å²) in [4.78, 5) is 12.6. The van der Waals surface area contributed by atoms with Crippen LogP contribution in [0.3, 0.4) is 0 Å². The Kier molecular flexibility index (Phi) is 8.45. The molecular formula is C22H26ClN5O3S. The van der Waals surface area contributed by atoms with Crippen molar-refractivity contribution in [3.05, 3.63) is 73.1 Å². The molecule has 2 aromatic carbocycles. The fraction of sp³-hybridized carbons (Fsp3) is 0.182. The van der Waals surface area contributed by atoms with E-state index < -0.39 is 10.0 Å². The second kappa shape index (κ2) is 10.8. The molecule has 0 fully saturated rings. The number of nitrogens with zero attached hydrogens (tertiary/aromatic N) is 2. The van der Waals surface area contributed by atoms with Gasteiger partial charge in [0, 0.05) is 31.9 Å². The van der Waals surface area contributed by atoms with Crippen molar-refractivity contribution < 1.29 is 30.2 Å². The van der Waals surface area contributed by atoms with Crippen molar-refractivity contribution in [2.75, 3.05) is 34.8 Å². The lowest BCUT2D eigenvalue weighted by Crippen LogP contribution is -3.00. The first-order valence-electron chi connectivity index (χ1n) is 9.71. The van der Waals surface area contributed by atoms with Gasteiger partial charge in [-0.05, 0) is 30.3 Å². The van der Waals surface area contributed by atoms with E-state index in [4.69, 9.17) is 5.73 Å². The molecule has 0 bridgehead atoms. The van der Waals surface area contributed by atoms with Crippen LogP contribution in [0.1, 0.15) is 6.42 Å². The second-order valence-corrected chi connectivity index (χ2v) is 8.90. The van der Waals surface area contributed by atoms with Gasteiger partial charge in [0.15, 0.2) is 18.9 Å². The molecule has 8 nitrogen and oxygen atoms in total. The van der Waals surface area contributed by atoms with Gasteiger partial charge in [-0.2, -0.15) is 0 Å². The van der Waals surface area contributed by atoms with Crippen LogP contribution in [-0.2, 0) is 21.4 Å². The number of amides is 1. The molecule has 1 aromatic heterocycles. The maximum Gasteiger partial charge on any atom is 0.264 e. The van der Waals surface area contributed by atoms with Crippen LogP contribution < -0.4 is 37.6 Å². The molecule has 0 saturated heterocycles. The van der Waals surface area contributed by atoms with E-state index in [1.54, 1.807) is 61.9 Å². The first-order chi connectivity index (χ1) is 14.8. The first-order valence-corrected chi connectivity index (χ1v) is 11.2. The normalized spacial score (nSPS) is 10.7. The number of benzene rings is 2. The van der Waals surface area contributed by atoms with Crippen LogP contribution in [0.4, 0.5) is 22.7 Å². The summed E-state index contributed by atoms with van der Waals surface area (Å²) in [5.74, 6) is -0.230. The quantitative estimate of drug-likeness (QED) is 0.379. The van der Waals surface area contributed by atoms with Gasteiger partial charge in [0.25, 0.3) is 10.0 Å². The molecule has 170 valence electrons. The minimum atomic E-state index is -3.80. The number of carbonyl (C=O) groups excluding carboxylic acids is 1. The predicted molar refractivity (Wildman–Crippen MR) is 122 cm³/mol.